The number of nitrogens with zero attached hydrogens (tertiary/aromatic N) is 5. The van der Waals surface area contributed by atoms with Gasteiger partial charge in [-0.05, 0) is 48.7 Å². The Balaban J connectivity index is 1.19. The van der Waals surface area contributed by atoms with Crippen LogP contribution in [0.15, 0.2) is 59.5 Å². The van der Waals surface area contributed by atoms with Crippen molar-refractivity contribution in [2.75, 3.05) is 46.2 Å². The van der Waals surface area contributed by atoms with Crippen molar-refractivity contribution >= 4 is 16.7 Å². The molecule has 0 N–H and O–H groups in total. The molecule has 0 aliphatic heterocycles. The Morgan fingerprint density at radius 1 is 0.842 bits per heavy atom. The van der Waals surface area contributed by atoms with Gasteiger partial charge in [0.1, 0.15) is 17.0 Å². The van der Waals surface area contributed by atoms with Gasteiger partial charge in [-0.2, -0.15) is 0 Å². The van der Waals surface area contributed by atoms with E-state index in [4.69, 9.17) is 28.3 Å². The van der Waals surface area contributed by atoms with Gasteiger partial charge < -0.3 is 23.4 Å². The van der Waals surface area contributed by atoms with Gasteiger partial charge in [0.2, 0.25) is 6.39 Å². The Kier molecular flexibility index (Phi) is 8.67. The summed E-state index contributed by atoms with van der Waals surface area (Å²) in [5.74, 6) is 0.376. The van der Waals surface area contributed by atoms with E-state index in [-0.39, 0.29) is 0 Å². The monoisotopic (exact) mass is 517 g/mol. The molecule has 0 spiro atoms. The minimum absolute atomic E-state index is 0.376. The van der Waals surface area contributed by atoms with E-state index in [2.05, 4.69) is 51.6 Å². The lowest BCUT2D eigenvalue weighted by molar-refractivity contribution is -0.00288. The standard InChI is InChI=1S/C28H31N5O5/c1-3-34-10-11-35-12-13-36-14-15-37-18-21-4-6-22(7-5-21)24-16-20(2)30-27-23(24)8-9-26-31-25(17-33(26)27)28-32-29-19-38-28/h4-9,16-17,19H,3,10-15,18H2,1-2H3. The van der Waals surface area contributed by atoms with E-state index in [1.807, 2.05) is 30.5 Å². The number of pyridine rings is 2. The van der Waals surface area contributed by atoms with Gasteiger partial charge in [0.05, 0.1) is 46.2 Å². The quantitative estimate of drug-likeness (QED) is 0.197. The summed E-state index contributed by atoms with van der Waals surface area (Å²) >= 11 is 0. The van der Waals surface area contributed by atoms with Crippen molar-refractivity contribution in [3.63, 3.8) is 0 Å². The number of imidazole rings is 1. The van der Waals surface area contributed by atoms with E-state index in [1.54, 1.807) is 0 Å². The molecular weight excluding hydrogens is 486 g/mol. The van der Waals surface area contributed by atoms with Gasteiger partial charge in [0.25, 0.3) is 5.89 Å². The van der Waals surface area contributed by atoms with Crippen LogP contribution in [0.1, 0.15) is 18.2 Å². The molecule has 198 valence electrons. The minimum Gasteiger partial charge on any atom is -0.422 e. The smallest absolute Gasteiger partial charge is 0.267 e. The van der Waals surface area contributed by atoms with Gasteiger partial charge in [-0.3, -0.25) is 4.40 Å². The zero-order chi connectivity index (χ0) is 26.2. The van der Waals surface area contributed by atoms with Crippen LogP contribution < -0.4 is 0 Å². The van der Waals surface area contributed by atoms with Crippen molar-refractivity contribution in [3.05, 3.63) is 66.3 Å². The summed E-state index contributed by atoms with van der Waals surface area (Å²) < 4.78 is 29.2. The summed E-state index contributed by atoms with van der Waals surface area (Å²) in [5.41, 5.74) is 6.42. The molecule has 0 aliphatic rings. The van der Waals surface area contributed by atoms with E-state index >= 15 is 0 Å². The number of aryl methyl sites for hydroxylation is 1. The predicted molar refractivity (Wildman–Crippen MR) is 142 cm³/mol. The first-order valence-corrected chi connectivity index (χ1v) is 12.7. The topological polar surface area (TPSA) is 106 Å². The molecule has 0 saturated heterocycles. The van der Waals surface area contributed by atoms with Crippen LogP contribution in [0.25, 0.3) is 39.4 Å². The van der Waals surface area contributed by atoms with E-state index in [1.165, 1.54) is 6.39 Å². The van der Waals surface area contributed by atoms with Crippen LogP contribution in [0.4, 0.5) is 0 Å². The van der Waals surface area contributed by atoms with Crippen LogP contribution in [0.3, 0.4) is 0 Å². The van der Waals surface area contributed by atoms with Gasteiger partial charge in [-0.1, -0.05) is 24.3 Å². The van der Waals surface area contributed by atoms with Gasteiger partial charge in [0.15, 0.2) is 0 Å². The van der Waals surface area contributed by atoms with Crippen LogP contribution in [-0.2, 0) is 25.6 Å². The van der Waals surface area contributed by atoms with Crippen LogP contribution in [0.5, 0.6) is 0 Å². The molecule has 0 saturated carbocycles. The molecule has 10 nitrogen and oxygen atoms in total. The Hall–Kier alpha value is -3.70. The number of ether oxygens (including phenoxy) is 4. The van der Waals surface area contributed by atoms with Gasteiger partial charge >= 0.3 is 0 Å². The lowest BCUT2D eigenvalue weighted by atomic mass is 10.0. The summed E-state index contributed by atoms with van der Waals surface area (Å²) in [6.45, 7) is 8.58. The predicted octanol–water partition coefficient (Wildman–Crippen LogP) is 4.49. The van der Waals surface area contributed by atoms with Crippen molar-refractivity contribution in [2.45, 2.75) is 20.5 Å². The van der Waals surface area contributed by atoms with Crippen molar-refractivity contribution < 1.29 is 23.4 Å². The zero-order valence-corrected chi connectivity index (χ0v) is 21.6. The average molecular weight is 518 g/mol. The molecule has 0 radical (unpaired) electrons. The SMILES string of the molecule is CCOCCOCCOCCOCc1ccc(-c2cc(C)nc3c2ccc2nc(-c4nnco4)cn23)cc1. The lowest BCUT2D eigenvalue weighted by Crippen LogP contribution is -2.11. The van der Waals surface area contributed by atoms with E-state index in [9.17, 15) is 0 Å². The second-order valence-electron chi connectivity index (χ2n) is 8.65. The van der Waals surface area contributed by atoms with E-state index in [0.29, 0.717) is 64.4 Å². The normalized spacial score (nSPS) is 11.6. The third kappa shape index (κ3) is 6.22. The fraction of sp³-hybridized carbons (Fsp3) is 0.357. The number of aromatic nitrogens is 5. The molecule has 0 amide bonds. The molecule has 0 unspecified atom stereocenters. The fourth-order valence-corrected chi connectivity index (χ4v) is 4.15. The summed E-state index contributed by atoms with van der Waals surface area (Å²) in [4.78, 5) is 9.42. The molecule has 38 heavy (non-hydrogen) atoms. The first-order valence-electron chi connectivity index (χ1n) is 12.7. The Morgan fingerprint density at radius 3 is 2.29 bits per heavy atom. The molecule has 4 heterocycles. The van der Waals surface area contributed by atoms with Crippen molar-refractivity contribution in [1.82, 2.24) is 24.6 Å². The molecule has 5 rings (SSSR count). The van der Waals surface area contributed by atoms with Gasteiger partial charge in [0, 0.05) is 23.9 Å². The maximum absolute atomic E-state index is 5.77. The highest BCUT2D eigenvalue weighted by atomic mass is 16.6. The highest BCUT2D eigenvalue weighted by molar-refractivity contribution is 5.94. The first-order chi connectivity index (χ1) is 18.7. The van der Waals surface area contributed by atoms with E-state index in [0.717, 1.165) is 39.1 Å². The maximum atomic E-state index is 5.77. The number of hydrogen-bond donors (Lipinski definition) is 0. The number of benzene rings is 1. The lowest BCUT2D eigenvalue weighted by Gasteiger charge is -2.11. The van der Waals surface area contributed by atoms with Crippen LogP contribution in [0.2, 0.25) is 0 Å². The molecule has 0 aliphatic carbocycles. The third-order valence-corrected chi connectivity index (χ3v) is 5.96. The molecule has 4 aromatic heterocycles. The maximum Gasteiger partial charge on any atom is 0.267 e. The Bertz CT molecular complexity index is 1450. The van der Waals surface area contributed by atoms with Crippen LogP contribution >= 0.6 is 0 Å². The average Bonchev–Trinajstić information content (AvgIpc) is 3.62. The fourth-order valence-electron chi connectivity index (χ4n) is 4.15. The highest BCUT2D eigenvalue weighted by Crippen LogP contribution is 2.30. The van der Waals surface area contributed by atoms with Crippen molar-refractivity contribution in [1.29, 1.82) is 0 Å². The largest absolute Gasteiger partial charge is 0.422 e. The molecule has 0 atom stereocenters. The van der Waals surface area contributed by atoms with Gasteiger partial charge in [-0.25, -0.2) is 9.97 Å². The number of fused-ring (bicyclic) bond motifs is 3. The number of rotatable bonds is 14. The second kappa shape index (κ2) is 12.7. The zero-order valence-electron chi connectivity index (χ0n) is 21.6. The molecule has 5 aromatic rings. The Labute approximate surface area is 220 Å². The summed E-state index contributed by atoms with van der Waals surface area (Å²) in [6.07, 6.45) is 3.17. The second-order valence-corrected chi connectivity index (χ2v) is 8.65. The minimum atomic E-state index is 0.376. The molecule has 0 bridgehead atoms. The van der Waals surface area contributed by atoms with Gasteiger partial charge in [-0.15, -0.1) is 10.2 Å². The van der Waals surface area contributed by atoms with Crippen LogP contribution in [-0.4, -0.2) is 70.8 Å². The first kappa shape index (κ1) is 25.9. The summed E-state index contributed by atoms with van der Waals surface area (Å²) in [7, 11) is 0. The molecular formula is C28H31N5O5. The van der Waals surface area contributed by atoms with E-state index < -0.39 is 0 Å². The molecule has 10 heteroatoms. The summed E-state index contributed by atoms with van der Waals surface area (Å²) in [5, 5.41) is 8.75. The van der Waals surface area contributed by atoms with Crippen molar-refractivity contribution in [3.8, 4) is 22.7 Å². The van der Waals surface area contributed by atoms with Crippen molar-refractivity contribution in [2.24, 2.45) is 0 Å². The third-order valence-electron chi connectivity index (χ3n) is 5.96. The highest BCUT2D eigenvalue weighted by Gasteiger charge is 2.14. The Morgan fingerprint density at radius 2 is 1.58 bits per heavy atom. The molecule has 1 aromatic carbocycles. The van der Waals surface area contributed by atoms with Crippen LogP contribution in [0, 0.1) is 6.92 Å². The summed E-state index contributed by atoms with van der Waals surface area (Å²) in [6, 6.07) is 14.5. The number of hydrogen-bond acceptors (Lipinski definition) is 9. The molecule has 0 fully saturated rings.